The number of ether oxygens (including phenoxy) is 2. The van der Waals surface area contributed by atoms with Crippen molar-refractivity contribution in [3.05, 3.63) is 84.3 Å². The zero-order chi connectivity index (χ0) is 22.8. The molecule has 2 aromatic carbocycles. The van der Waals surface area contributed by atoms with Crippen LogP contribution in [0.4, 0.5) is 0 Å². The molecular weight excluding hydrogens is 420 g/mol. The third-order valence-electron chi connectivity index (χ3n) is 8.71. The average Bonchev–Trinajstić information content (AvgIpc) is 2.90. The van der Waals surface area contributed by atoms with E-state index in [2.05, 4.69) is 70.5 Å². The van der Waals surface area contributed by atoms with Gasteiger partial charge in [-0.15, -0.1) is 0 Å². The van der Waals surface area contributed by atoms with Crippen LogP contribution in [0.1, 0.15) is 49.7 Å². The molecule has 0 bridgehead atoms. The van der Waals surface area contributed by atoms with E-state index in [1.54, 1.807) is 0 Å². The number of hydrogen-bond donors (Lipinski definition) is 0. The first-order valence-corrected chi connectivity index (χ1v) is 13.1. The first kappa shape index (κ1) is 21.9. The Bertz CT molecular complexity index is 973. The van der Waals surface area contributed by atoms with Gasteiger partial charge in [0.25, 0.3) is 0 Å². The molecule has 178 valence electrons. The van der Waals surface area contributed by atoms with Crippen LogP contribution < -0.4 is 9.47 Å². The molecule has 2 fully saturated rings. The van der Waals surface area contributed by atoms with Crippen molar-refractivity contribution < 1.29 is 9.47 Å². The lowest BCUT2D eigenvalue weighted by Gasteiger charge is -2.43. The molecular formula is C30H36N2O2. The molecule has 4 aliphatic heterocycles. The summed E-state index contributed by atoms with van der Waals surface area (Å²) in [5.74, 6) is 2.09. The van der Waals surface area contributed by atoms with Gasteiger partial charge in [0, 0.05) is 22.0 Å². The summed E-state index contributed by atoms with van der Waals surface area (Å²) in [6.45, 7) is 7.17. The van der Waals surface area contributed by atoms with E-state index in [-0.39, 0.29) is 10.8 Å². The van der Waals surface area contributed by atoms with Gasteiger partial charge >= 0.3 is 0 Å². The van der Waals surface area contributed by atoms with E-state index < -0.39 is 0 Å². The van der Waals surface area contributed by atoms with Gasteiger partial charge in [-0.05, 0) is 102 Å². The highest BCUT2D eigenvalue weighted by molar-refractivity contribution is 5.47. The summed E-state index contributed by atoms with van der Waals surface area (Å²) in [5, 5.41) is 0. The second-order valence-electron chi connectivity index (χ2n) is 10.5. The molecule has 0 unspecified atom stereocenters. The van der Waals surface area contributed by atoms with Gasteiger partial charge < -0.3 is 19.3 Å². The van der Waals surface area contributed by atoms with Gasteiger partial charge in [-0.2, -0.15) is 0 Å². The van der Waals surface area contributed by atoms with E-state index in [1.807, 2.05) is 12.5 Å². The van der Waals surface area contributed by atoms with Gasteiger partial charge in [0.15, 0.2) is 0 Å². The Hall–Kier alpha value is -2.56. The summed E-state index contributed by atoms with van der Waals surface area (Å²) in [5.41, 5.74) is 3.10. The average molecular weight is 457 g/mol. The molecule has 4 heteroatoms. The highest BCUT2D eigenvalue weighted by atomic mass is 16.5. The van der Waals surface area contributed by atoms with Crippen molar-refractivity contribution >= 4 is 0 Å². The van der Waals surface area contributed by atoms with E-state index in [4.69, 9.17) is 9.47 Å². The number of piperidine rings is 2. The molecule has 4 aliphatic rings. The van der Waals surface area contributed by atoms with E-state index in [1.165, 1.54) is 88.9 Å². The van der Waals surface area contributed by atoms with Crippen LogP contribution in [0.5, 0.6) is 11.5 Å². The third kappa shape index (κ3) is 4.08. The van der Waals surface area contributed by atoms with Gasteiger partial charge in [-0.1, -0.05) is 36.4 Å². The second-order valence-corrected chi connectivity index (χ2v) is 10.5. The number of para-hydroxylation sites is 2. The number of rotatable bonds is 5. The van der Waals surface area contributed by atoms with Crippen molar-refractivity contribution in [3.63, 3.8) is 0 Å². The smallest absolute Gasteiger partial charge is 0.130 e. The highest BCUT2D eigenvalue weighted by Crippen LogP contribution is 2.45. The van der Waals surface area contributed by atoms with Crippen LogP contribution in [0.15, 0.2) is 73.2 Å². The number of hydrogen-bond acceptors (Lipinski definition) is 4. The number of benzene rings is 2. The fourth-order valence-electron chi connectivity index (χ4n) is 6.51. The van der Waals surface area contributed by atoms with Crippen molar-refractivity contribution in [2.45, 2.75) is 49.4 Å². The lowest BCUT2D eigenvalue weighted by molar-refractivity contribution is 0.158. The number of nitrogens with zero attached hydrogens (tertiary/aromatic N) is 2. The molecule has 34 heavy (non-hydrogen) atoms. The normalized spacial score (nSPS) is 22.7. The maximum absolute atomic E-state index is 5.76. The van der Waals surface area contributed by atoms with Crippen LogP contribution in [-0.4, -0.2) is 49.1 Å². The fourth-order valence-corrected chi connectivity index (χ4v) is 6.51. The van der Waals surface area contributed by atoms with E-state index in [0.29, 0.717) is 0 Å². The predicted molar refractivity (Wildman–Crippen MR) is 136 cm³/mol. The molecule has 0 aromatic heterocycles. The quantitative estimate of drug-likeness (QED) is 0.543. The van der Waals surface area contributed by atoms with E-state index >= 15 is 0 Å². The fraction of sp³-hybridized carbons (Fsp3) is 0.467. The summed E-state index contributed by atoms with van der Waals surface area (Å²) in [6, 6.07) is 17.2. The number of fused-ring (bicyclic) bond motifs is 4. The molecule has 0 atom stereocenters. The Morgan fingerprint density at radius 2 is 1.00 bits per heavy atom. The first-order valence-electron chi connectivity index (χ1n) is 13.1. The van der Waals surface area contributed by atoms with E-state index in [0.717, 1.165) is 11.5 Å². The number of allylic oxidation sites excluding steroid dienone is 2. The minimum Gasteiger partial charge on any atom is -0.465 e. The van der Waals surface area contributed by atoms with Crippen LogP contribution >= 0.6 is 0 Å². The zero-order valence-electron chi connectivity index (χ0n) is 20.1. The predicted octanol–water partition coefficient (Wildman–Crippen LogP) is 5.65. The Kier molecular flexibility index (Phi) is 5.96. The van der Waals surface area contributed by atoms with Crippen molar-refractivity contribution in [3.8, 4) is 11.5 Å². The van der Waals surface area contributed by atoms with Crippen molar-refractivity contribution in [2.75, 3.05) is 39.3 Å². The molecule has 4 nitrogen and oxygen atoms in total. The molecule has 0 saturated carbocycles. The van der Waals surface area contributed by atoms with Gasteiger partial charge in [-0.3, -0.25) is 0 Å². The SMILES string of the molecule is C1=CC2(CCN(CCCCN3CCC4(C=COc5ccccc54)CC3)CC2)c2ccccc2O1. The monoisotopic (exact) mass is 456 g/mol. The summed E-state index contributed by atoms with van der Waals surface area (Å²) < 4.78 is 11.5. The van der Waals surface area contributed by atoms with Crippen molar-refractivity contribution in [1.82, 2.24) is 9.80 Å². The first-order chi connectivity index (χ1) is 16.8. The summed E-state index contributed by atoms with van der Waals surface area (Å²) in [7, 11) is 0. The third-order valence-corrected chi connectivity index (χ3v) is 8.71. The molecule has 2 aromatic rings. The molecule has 0 amide bonds. The minimum absolute atomic E-state index is 0.173. The molecule has 2 spiro atoms. The van der Waals surface area contributed by atoms with Crippen molar-refractivity contribution in [2.24, 2.45) is 0 Å². The Labute approximate surface area is 203 Å². The molecule has 2 saturated heterocycles. The van der Waals surface area contributed by atoms with Crippen molar-refractivity contribution in [1.29, 1.82) is 0 Å². The van der Waals surface area contributed by atoms with Crippen LogP contribution in [0.2, 0.25) is 0 Å². The lowest BCUT2D eigenvalue weighted by Crippen LogP contribution is -2.43. The lowest BCUT2D eigenvalue weighted by atomic mass is 9.71. The molecule has 0 radical (unpaired) electrons. The second kappa shape index (κ2) is 9.24. The molecule has 4 heterocycles. The summed E-state index contributed by atoms with van der Waals surface area (Å²) in [6.07, 6.45) is 15.8. The van der Waals surface area contributed by atoms with Crippen LogP contribution in [0, 0.1) is 0 Å². The minimum atomic E-state index is 0.173. The Balaban J connectivity index is 0.947. The van der Waals surface area contributed by atoms with Crippen LogP contribution in [0.25, 0.3) is 0 Å². The van der Waals surface area contributed by atoms with E-state index in [9.17, 15) is 0 Å². The standard InChI is InChI=1S/C30H36N2O2/c1-3-9-27-25(7-1)29(15-23-33-27)11-19-31(20-12-29)17-5-6-18-32-21-13-30(14-22-32)16-24-34-28-10-4-2-8-26(28)30/h1-4,7-10,15-16,23-24H,5-6,11-14,17-22H2. The largest absolute Gasteiger partial charge is 0.465 e. The Morgan fingerprint density at radius 1 is 0.588 bits per heavy atom. The van der Waals surface area contributed by atoms with Gasteiger partial charge in [0.05, 0.1) is 12.5 Å². The number of likely N-dealkylation sites (tertiary alicyclic amines) is 2. The molecule has 0 N–H and O–H groups in total. The maximum atomic E-state index is 5.76. The highest BCUT2D eigenvalue weighted by Gasteiger charge is 2.39. The van der Waals surface area contributed by atoms with Gasteiger partial charge in [0.1, 0.15) is 11.5 Å². The number of unbranched alkanes of at least 4 members (excludes halogenated alkanes) is 1. The Morgan fingerprint density at radius 3 is 1.44 bits per heavy atom. The zero-order valence-corrected chi connectivity index (χ0v) is 20.1. The topological polar surface area (TPSA) is 24.9 Å². The maximum Gasteiger partial charge on any atom is 0.130 e. The van der Waals surface area contributed by atoms with Gasteiger partial charge in [-0.25, -0.2) is 0 Å². The van der Waals surface area contributed by atoms with Crippen LogP contribution in [0.3, 0.4) is 0 Å². The summed E-state index contributed by atoms with van der Waals surface area (Å²) >= 11 is 0. The molecule has 0 aliphatic carbocycles. The van der Waals surface area contributed by atoms with Crippen LogP contribution in [-0.2, 0) is 10.8 Å². The van der Waals surface area contributed by atoms with Gasteiger partial charge in [0.2, 0.25) is 0 Å². The molecule has 6 rings (SSSR count). The summed E-state index contributed by atoms with van der Waals surface area (Å²) in [4.78, 5) is 5.35.